The molecule has 0 aliphatic heterocycles. The number of hydrogen-bond acceptors (Lipinski definition) is 4. The summed E-state index contributed by atoms with van der Waals surface area (Å²) in [6.07, 6.45) is -1.59. The number of aliphatic hydroxyl groups excluding tert-OH is 2. The molecule has 0 saturated carbocycles. The fourth-order valence-electron chi connectivity index (χ4n) is 1.97. The molecule has 0 aliphatic rings. The fraction of sp³-hybridized carbons (Fsp3) is 0.385. The van der Waals surface area contributed by atoms with E-state index in [1.165, 1.54) is 0 Å². The van der Waals surface area contributed by atoms with Crippen LogP contribution in [0.5, 0.6) is 0 Å². The van der Waals surface area contributed by atoms with Gasteiger partial charge in [-0.1, -0.05) is 18.2 Å². The Morgan fingerprint density at radius 3 is 2.65 bits per heavy atom. The number of rotatable bonds is 4. The lowest BCUT2D eigenvalue weighted by atomic mass is 10.1. The van der Waals surface area contributed by atoms with Crippen molar-refractivity contribution in [2.45, 2.75) is 19.1 Å². The molecule has 0 saturated heterocycles. The molecule has 2 atom stereocenters. The summed E-state index contributed by atoms with van der Waals surface area (Å²) in [5.74, 6) is 0. The molecule has 1 aromatic heterocycles. The molecule has 2 unspecified atom stereocenters. The van der Waals surface area contributed by atoms with Gasteiger partial charge in [-0.2, -0.15) is 0 Å². The van der Waals surface area contributed by atoms with Crippen LogP contribution in [0.25, 0.3) is 10.1 Å². The lowest BCUT2D eigenvalue weighted by Gasteiger charge is -2.16. The van der Waals surface area contributed by atoms with Gasteiger partial charge in [-0.25, -0.2) is 0 Å². The maximum Gasteiger partial charge on any atom is 0.116 e. The second-order valence-electron chi connectivity index (χ2n) is 4.16. The molecule has 17 heavy (non-hydrogen) atoms. The van der Waals surface area contributed by atoms with E-state index >= 15 is 0 Å². The lowest BCUT2D eigenvalue weighted by molar-refractivity contribution is 0.0221. The third kappa shape index (κ3) is 2.35. The van der Waals surface area contributed by atoms with E-state index in [1.54, 1.807) is 18.4 Å². The van der Waals surface area contributed by atoms with Crippen LogP contribution in [0.15, 0.2) is 24.3 Å². The van der Waals surface area contributed by atoms with Gasteiger partial charge in [0.15, 0.2) is 0 Å². The molecule has 2 aromatic rings. The minimum absolute atomic E-state index is 0.384. The molecule has 4 heteroatoms. The number of hydrogen-bond donors (Lipinski definition) is 3. The minimum atomic E-state index is -0.820. The number of aliphatic hydroxyl groups is 2. The van der Waals surface area contributed by atoms with Crippen LogP contribution in [0.3, 0.4) is 0 Å². The second kappa shape index (κ2) is 5.14. The van der Waals surface area contributed by atoms with E-state index in [9.17, 15) is 10.2 Å². The van der Waals surface area contributed by atoms with Crippen molar-refractivity contribution >= 4 is 21.4 Å². The van der Waals surface area contributed by atoms with Gasteiger partial charge in [0.05, 0.1) is 6.10 Å². The summed E-state index contributed by atoms with van der Waals surface area (Å²) in [7, 11) is 1.76. The third-order valence-corrected chi connectivity index (χ3v) is 4.27. The smallest absolute Gasteiger partial charge is 0.116 e. The predicted octanol–water partition coefficient (Wildman–Crippen LogP) is 1.82. The van der Waals surface area contributed by atoms with Gasteiger partial charge in [-0.3, -0.25) is 0 Å². The summed E-state index contributed by atoms with van der Waals surface area (Å²) in [6, 6.07) is 8.05. The highest BCUT2D eigenvalue weighted by Crippen LogP contribution is 2.35. The monoisotopic (exact) mass is 251 g/mol. The first-order chi connectivity index (χ1) is 8.15. The van der Waals surface area contributed by atoms with E-state index in [1.807, 2.05) is 31.2 Å². The van der Waals surface area contributed by atoms with Crippen LogP contribution in [0.1, 0.15) is 16.5 Å². The van der Waals surface area contributed by atoms with Crippen molar-refractivity contribution < 1.29 is 10.2 Å². The number of aryl methyl sites for hydroxylation is 1. The van der Waals surface area contributed by atoms with Crippen molar-refractivity contribution in [3.05, 3.63) is 34.7 Å². The van der Waals surface area contributed by atoms with Gasteiger partial charge in [0.2, 0.25) is 0 Å². The zero-order valence-electron chi connectivity index (χ0n) is 9.97. The highest BCUT2D eigenvalue weighted by molar-refractivity contribution is 7.19. The van der Waals surface area contributed by atoms with Crippen molar-refractivity contribution in [1.82, 2.24) is 5.32 Å². The van der Waals surface area contributed by atoms with E-state index < -0.39 is 12.2 Å². The third-order valence-electron chi connectivity index (χ3n) is 2.93. The Balaban J connectivity index is 2.38. The summed E-state index contributed by atoms with van der Waals surface area (Å²) in [4.78, 5) is 0.856. The van der Waals surface area contributed by atoms with Crippen LogP contribution in [0.4, 0.5) is 0 Å². The Hall–Kier alpha value is -0.940. The molecule has 92 valence electrons. The second-order valence-corrected chi connectivity index (χ2v) is 5.24. The average Bonchev–Trinajstić information content (AvgIpc) is 2.67. The Labute approximate surface area is 105 Å². The van der Waals surface area contributed by atoms with Crippen molar-refractivity contribution in [2.75, 3.05) is 13.6 Å². The first-order valence-corrected chi connectivity index (χ1v) is 6.45. The van der Waals surface area contributed by atoms with E-state index in [0.717, 1.165) is 20.5 Å². The van der Waals surface area contributed by atoms with Gasteiger partial charge in [-0.05, 0) is 31.0 Å². The van der Waals surface area contributed by atoms with E-state index in [0.29, 0.717) is 6.54 Å². The fourth-order valence-corrected chi connectivity index (χ4v) is 3.23. The molecule has 0 aliphatic carbocycles. The van der Waals surface area contributed by atoms with Gasteiger partial charge in [-0.15, -0.1) is 11.3 Å². The maximum absolute atomic E-state index is 10.1. The molecule has 0 bridgehead atoms. The molecular formula is C13H17NO2S. The topological polar surface area (TPSA) is 52.5 Å². The molecule has 0 amide bonds. The first-order valence-electron chi connectivity index (χ1n) is 5.64. The summed E-state index contributed by atoms with van der Waals surface area (Å²) in [5, 5.41) is 24.0. The van der Waals surface area contributed by atoms with Gasteiger partial charge in [0.1, 0.15) is 6.10 Å². The van der Waals surface area contributed by atoms with Crippen molar-refractivity contribution in [3.8, 4) is 0 Å². The number of likely N-dealkylation sites (N-methyl/N-ethyl adjacent to an activating group) is 1. The number of nitrogens with one attached hydrogen (secondary N) is 1. The predicted molar refractivity (Wildman–Crippen MR) is 71.5 cm³/mol. The molecule has 3 N–H and O–H groups in total. The molecule has 0 fully saturated rings. The van der Waals surface area contributed by atoms with Crippen LogP contribution >= 0.6 is 11.3 Å². The van der Waals surface area contributed by atoms with Crippen molar-refractivity contribution in [2.24, 2.45) is 0 Å². The van der Waals surface area contributed by atoms with Gasteiger partial charge in [0, 0.05) is 16.1 Å². The van der Waals surface area contributed by atoms with E-state index in [-0.39, 0.29) is 0 Å². The largest absolute Gasteiger partial charge is 0.389 e. The van der Waals surface area contributed by atoms with E-state index in [4.69, 9.17) is 0 Å². The zero-order valence-corrected chi connectivity index (χ0v) is 10.8. The highest BCUT2D eigenvalue weighted by Gasteiger charge is 2.22. The summed E-state index contributed by atoms with van der Waals surface area (Å²) >= 11 is 1.55. The van der Waals surface area contributed by atoms with Crippen LogP contribution in [0.2, 0.25) is 0 Å². The van der Waals surface area contributed by atoms with Gasteiger partial charge < -0.3 is 15.5 Å². The molecule has 3 nitrogen and oxygen atoms in total. The Bertz CT molecular complexity index is 509. The molecule has 0 radical (unpaired) electrons. The Kier molecular flexibility index (Phi) is 3.79. The molecule has 1 heterocycles. The van der Waals surface area contributed by atoms with Crippen LogP contribution in [0, 0.1) is 6.92 Å². The normalized spacial score (nSPS) is 15.1. The minimum Gasteiger partial charge on any atom is -0.389 e. The average molecular weight is 251 g/mol. The van der Waals surface area contributed by atoms with Crippen LogP contribution < -0.4 is 5.32 Å². The SMILES string of the molecule is CNCC(O)C(O)c1sc2ccccc2c1C. The number of fused-ring (bicyclic) bond motifs is 1. The standard InChI is InChI=1S/C13H17NO2S/c1-8-9-5-3-4-6-11(9)17-13(8)12(16)10(15)7-14-2/h3-6,10,12,14-16H,7H2,1-2H3. The molecule has 0 spiro atoms. The summed E-state index contributed by atoms with van der Waals surface area (Å²) in [6.45, 7) is 2.37. The Morgan fingerprint density at radius 1 is 1.29 bits per heavy atom. The summed E-state index contributed by atoms with van der Waals surface area (Å²) < 4.78 is 1.15. The van der Waals surface area contributed by atoms with Crippen LogP contribution in [-0.2, 0) is 0 Å². The Morgan fingerprint density at radius 2 is 2.00 bits per heavy atom. The molecule has 1 aromatic carbocycles. The van der Waals surface area contributed by atoms with Gasteiger partial charge in [0.25, 0.3) is 0 Å². The van der Waals surface area contributed by atoms with Gasteiger partial charge >= 0.3 is 0 Å². The maximum atomic E-state index is 10.1. The first kappa shape index (κ1) is 12.5. The lowest BCUT2D eigenvalue weighted by Crippen LogP contribution is -2.29. The van der Waals surface area contributed by atoms with Crippen LogP contribution in [-0.4, -0.2) is 29.9 Å². The number of benzene rings is 1. The summed E-state index contributed by atoms with van der Waals surface area (Å²) in [5.41, 5.74) is 1.06. The molecule has 2 rings (SSSR count). The van der Waals surface area contributed by atoms with E-state index in [2.05, 4.69) is 5.32 Å². The zero-order chi connectivity index (χ0) is 12.4. The van der Waals surface area contributed by atoms with Crippen molar-refractivity contribution in [3.63, 3.8) is 0 Å². The van der Waals surface area contributed by atoms with Crippen molar-refractivity contribution in [1.29, 1.82) is 0 Å². The quantitative estimate of drug-likeness (QED) is 0.777. The number of thiophene rings is 1. The molecular weight excluding hydrogens is 234 g/mol. The highest BCUT2D eigenvalue weighted by atomic mass is 32.1.